The zero-order valence-corrected chi connectivity index (χ0v) is 14.2. The third-order valence-corrected chi connectivity index (χ3v) is 4.87. The Bertz CT molecular complexity index is 959. The van der Waals surface area contributed by atoms with Gasteiger partial charge in [-0.15, -0.1) is 0 Å². The summed E-state index contributed by atoms with van der Waals surface area (Å²) in [5.74, 6) is 0. The van der Waals surface area contributed by atoms with Gasteiger partial charge in [-0.25, -0.2) is 9.50 Å². The first-order chi connectivity index (χ1) is 11.9. The molecule has 0 aliphatic heterocycles. The Kier molecular flexibility index (Phi) is 3.76. The fourth-order valence-corrected chi connectivity index (χ4v) is 3.67. The van der Waals surface area contributed by atoms with Gasteiger partial charge in [0.2, 0.25) is 0 Å². The Balaban J connectivity index is 2.07. The molecule has 3 aromatic rings. The summed E-state index contributed by atoms with van der Waals surface area (Å²) in [5.41, 5.74) is 2.30. The average Bonchev–Trinajstić information content (AvgIpc) is 2.87. The molecule has 2 heterocycles. The molecule has 0 N–H and O–H groups in total. The molecular formula is C18H15ClF3N3. The zero-order valence-electron chi connectivity index (χ0n) is 13.5. The summed E-state index contributed by atoms with van der Waals surface area (Å²) >= 11 is 5.93. The molecule has 1 aromatic carbocycles. The van der Waals surface area contributed by atoms with Crippen molar-refractivity contribution in [2.45, 2.75) is 38.8 Å². The van der Waals surface area contributed by atoms with Crippen molar-refractivity contribution in [3.63, 3.8) is 0 Å². The smallest absolute Gasteiger partial charge is 0.233 e. The highest BCUT2D eigenvalue weighted by molar-refractivity contribution is 6.30. The van der Waals surface area contributed by atoms with Gasteiger partial charge in [0, 0.05) is 21.8 Å². The highest BCUT2D eigenvalue weighted by Gasteiger charge is 2.39. The second kappa shape index (κ2) is 5.73. The molecule has 0 saturated heterocycles. The second-order valence-electron chi connectivity index (χ2n) is 6.29. The van der Waals surface area contributed by atoms with E-state index in [2.05, 4.69) is 10.1 Å². The minimum atomic E-state index is -4.47. The molecule has 130 valence electrons. The molecule has 1 aliphatic rings. The van der Waals surface area contributed by atoms with Gasteiger partial charge in [0.25, 0.3) is 0 Å². The SMILES string of the molecule is Cc1nn2c(C(F)(F)F)c3c(nc2c1-c1ccc(Cl)cc1)CCCC3. The van der Waals surface area contributed by atoms with Crippen LogP contribution in [0.25, 0.3) is 16.8 Å². The van der Waals surface area contributed by atoms with Gasteiger partial charge in [-0.05, 0) is 50.3 Å². The number of fused-ring (bicyclic) bond motifs is 2. The van der Waals surface area contributed by atoms with Gasteiger partial charge < -0.3 is 0 Å². The molecule has 0 atom stereocenters. The third-order valence-electron chi connectivity index (χ3n) is 4.61. The van der Waals surface area contributed by atoms with Gasteiger partial charge in [-0.3, -0.25) is 0 Å². The predicted molar refractivity (Wildman–Crippen MR) is 89.8 cm³/mol. The van der Waals surface area contributed by atoms with Crippen LogP contribution in [0.15, 0.2) is 24.3 Å². The highest BCUT2D eigenvalue weighted by atomic mass is 35.5. The summed E-state index contributed by atoms with van der Waals surface area (Å²) in [4.78, 5) is 4.58. The lowest BCUT2D eigenvalue weighted by Gasteiger charge is -2.21. The van der Waals surface area contributed by atoms with Gasteiger partial charge in [-0.1, -0.05) is 23.7 Å². The van der Waals surface area contributed by atoms with Crippen molar-refractivity contribution >= 4 is 17.2 Å². The molecular weight excluding hydrogens is 351 g/mol. The van der Waals surface area contributed by atoms with E-state index in [0.29, 0.717) is 34.8 Å². The Morgan fingerprint density at radius 1 is 1.08 bits per heavy atom. The van der Waals surface area contributed by atoms with E-state index in [9.17, 15) is 13.2 Å². The van der Waals surface area contributed by atoms with Crippen LogP contribution in [-0.4, -0.2) is 14.6 Å². The van der Waals surface area contributed by atoms with Gasteiger partial charge >= 0.3 is 6.18 Å². The van der Waals surface area contributed by atoms with Crippen LogP contribution in [0.1, 0.15) is 35.5 Å². The largest absolute Gasteiger partial charge is 0.433 e. The van der Waals surface area contributed by atoms with Gasteiger partial charge in [0.15, 0.2) is 11.3 Å². The molecule has 0 fully saturated rings. The van der Waals surface area contributed by atoms with E-state index < -0.39 is 11.9 Å². The van der Waals surface area contributed by atoms with Gasteiger partial charge in [0.1, 0.15) is 0 Å². The fourth-order valence-electron chi connectivity index (χ4n) is 3.54. The summed E-state index contributed by atoms with van der Waals surface area (Å²) in [5, 5.41) is 4.76. The molecule has 1 aliphatic carbocycles. The van der Waals surface area contributed by atoms with Crippen molar-refractivity contribution in [3.05, 3.63) is 51.9 Å². The first kappa shape index (κ1) is 16.4. The van der Waals surface area contributed by atoms with Crippen LogP contribution in [0.2, 0.25) is 5.02 Å². The Hall–Kier alpha value is -2.08. The highest BCUT2D eigenvalue weighted by Crippen LogP contribution is 2.38. The normalized spacial score (nSPS) is 14.8. The minimum Gasteiger partial charge on any atom is -0.233 e. The molecule has 0 spiro atoms. The standard InChI is InChI=1S/C18H15ClF3N3/c1-10-15(11-6-8-12(19)9-7-11)17-23-14-5-3-2-4-13(14)16(18(20,21)22)25(17)24-10/h6-9H,2-5H2,1H3. The lowest BCUT2D eigenvalue weighted by Crippen LogP contribution is -2.21. The minimum absolute atomic E-state index is 0.257. The van der Waals surface area contributed by atoms with Crippen LogP contribution in [0.5, 0.6) is 0 Å². The zero-order chi connectivity index (χ0) is 17.8. The summed E-state index contributed by atoms with van der Waals surface area (Å²) < 4.78 is 42.4. The molecule has 4 rings (SSSR count). The number of alkyl halides is 3. The maximum atomic E-state index is 13.8. The van der Waals surface area contributed by atoms with Crippen LogP contribution in [0.4, 0.5) is 13.2 Å². The van der Waals surface area contributed by atoms with Crippen LogP contribution in [0.3, 0.4) is 0 Å². The van der Waals surface area contributed by atoms with Gasteiger partial charge in [0.05, 0.1) is 5.69 Å². The van der Waals surface area contributed by atoms with E-state index in [1.165, 1.54) is 0 Å². The number of aromatic nitrogens is 3. The maximum Gasteiger partial charge on any atom is 0.433 e. The van der Waals surface area contributed by atoms with E-state index in [-0.39, 0.29) is 11.2 Å². The molecule has 0 bridgehead atoms. The number of benzene rings is 1. The molecule has 0 radical (unpaired) electrons. The van der Waals surface area contributed by atoms with Crippen LogP contribution >= 0.6 is 11.6 Å². The molecule has 7 heteroatoms. The summed E-state index contributed by atoms with van der Waals surface area (Å²) in [7, 11) is 0. The van der Waals surface area contributed by atoms with Crippen molar-refractivity contribution in [2.75, 3.05) is 0 Å². The molecule has 0 amide bonds. The number of aryl methyl sites for hydroxylation is 2. The second-order valence-corrected chi connectivity index (χ2v) is 6.73. The molecule has 2 aromatic heterocycles. The van der Waals surface area contributed by atoms with E-state index in [0.717, 1.165) is 22.9 Å². The van der Waals surface area contributed by atoms with E-state index in [4.69, 9.17) is 11.6 Å². The van der Waals surface area contributed by atoms with Crippen molar-refractivity contribution in [1.29, 1.82) is 0 Å². The third kappa shape index (κ3) is 2.68. The molecule has 25 heavy (non-hydrogen) atoms. The summed E-state index contributed by atoms with van der Waals surface area (Å²) in [6.07, 6.45) is -1.91. The van der Waals surface area contributed by atoms with E-state index >= 15 is 0 Å². The fraction of sp³-hybridized carbons (Fsp3) is 0.333. The topological polar surface area (TPSA) is 30.2 Å². The van der Waals surface area contributed by atoms with Crippen molar-refractivity contribution in [2.24, 2.45) is 0 Å². The predicted octanol–water partition coefficient (Wildman–Crippen LogP) is 5.26. The average molecular weight is 366 g/mol. The summed E-state index contributed by atoms with van der Waals surface area (Å²) in [6, 6.07) is 6.98. The Morgan fingerprint density at radius 3 is 2.44 bits per heavy atom. The summed E-state index contributed by atoms with van der Waals surface area (Å²) in [6.45, 7) is 1.71. The molecule has 3 nitrogen and oxygen atoms in total. The first-order valence-corrected chi connectivity index (χ1v) is 8.48. The maximum absolute atomic E-state index is 13.8. The van der Waals surface area contributed by atoms with Crippen LogP contribution < -0.4 is 0 Å². The van der Waals surface area contributed by atoms with Crippen molar-refractivity contribution in [3.8, 4) is 11.1 Å². The number of hydrogen-bond donors (Lipinski definition) is 0. The van der Waals surface area contributed by atoms with Gasteiger partial charge in [-0.2, -0.15) is 18.3 Å². The molecule has 0 saturated carbocycles. The van der Waals surface area contributed by atoms with Crippen LogP contribution in [0, 0.1) is 6.92 Å². The number of nitrogens with zero attached hydrogens (tertiary/aromatic N) is 3. The Labute approximate surface area is 147 Å². The van der Waals surface area contributed by atoms with Crippen LogP contribution in [-0.2, 0) is 19.0 Å². The quantitative estimate of drug-likeness (QED) is 0.589. The first-order valence-electron chi connectivity index (χ1n) is 8.10. The van der Waals surface area contributed by atoms with E-state index in [1.807, 2.05) is 0 Å². The lowest BCUT2D eigenvalue weighted by molar-refractivity contribution is -0.143. The number of rotatable bonds is 1. The number of hydrogen-bond acceptors (Lipinski definition) is 2. The molecule has 0 unspecified atom stereocenters. The van der Waals surface area contributed by atoms with E-state index in [1.54, 1.807) is 31.2 Å². The Morgan fingerprint density at radius 2 is 1.76 bits per heavy atom. The number of halogens is 4. The van der Waals surface area contributed by atoms with Crippen molar-refractivity contribution in [1.82, 2.24) is 14.6 Å². The lowest BCUT2D eigenvalue weighted by atomic mass is 9.94. The van der Waals surface area contributed by atoms with Crippen molar-refractivity contribution < 1.29 is 13.2 Å². The monoisotopic (exact) mass is 365 g/mol.